The van der Waals surface area contributed by atoms with Crippen LogP contribution in [0.5, 0.6) is 5.75 Å². The second-order valence-corrected chi connectivity index (χ2v) is 5.80. The van der Waals surface area contributed by atoms with E-state index in [1.54, 1.807) is 25.4 Å². The summed E-state index contributed by atoms with van der Waals surface area (Å²) >= 11 is 0. The predicted octanol–water partition coefficient (Wildman–Crippen LogP) is 2.72. The number of benzene rings is 1. The molecule has 25 heavy (non-hydrogen) atoms. The van der Waals surface area contributed by atoms with Gasteiger partial charge in [-0.2, -0.15) is 5.26 Å². The number of methoxy groups -OCH3 is 1. The van der Waals surface area contributed by atoms with Crippen LogP contribution < -0.4 is 10.1 Å². The molecule has 2 aromatic rings. The standard InChI is InChI=1S/C19H19N3O3/c1-24-17-7-3-2-6-14(17)15-11-16(15)19(23)25-10-9-22-18-13(12-20)5-4-8-21-18/h2-8,15-16H,9-11H2,1H3,(H,21,22). The van der Waals surface area contributed by atoms with Crippen molar-refractivity contribution in [2.75, 3.05) is 25.6 Å². The molecule has 2 unspecified atom stereocenters. The number of para-hydroxylation sites is 1. The van der Waals surface area contributed by atoms with Crippen molar-refractivity contribution in [3.63, 3.8) is 0 Å². The van der Waals surface area contributed by atoms with Crippen molar-refractivity contribution in [2.45, 2.75) is 12.3 Å². The van der Waals surface area contributed by atoms with Crippen LogP contribution in [0, 0.1) is 17.2 Å². The quantitative estimate of drug-likeness (QED) is 0.618. The molecule has 0 aliphatic heterocycles. The van der Waals surface area contributed by atoms with Crippen LogP contribution in [0.1, 0.15) is 23.5 Å². The van der Waals surface area contributed by atoms with E-state index in [1.807, 2.05) is 24.3 Å². The van der Waals surface area contributed by atoms with E-state index in [2.05, 4.69) is 16.4 Å². The summed E-state index contributed by atoms with van der Waals surface area (Å²) in [6.07, 6.45) is 2.39. The van der Waals surface area contributed by atoms with E-state index in [0.717, 1.165) is 17.7 Å². The smallest absolute Gasteiger partial charge is 0.309 e. The van der Waals surface area contributed by atoms with Gasteiger partial charge in [0.05, 0.1) is 25.1 Å². The number of carbonyl (C=O) groups excluding carboxylic acids is 1. The van der Waals surface area contributed by atoms with E-state index < -0.39 is 0 Å². The maximum atomic E-state index is 12.2. The molecule has 1 aliphatic rings. The molecule has 0 amide bonds. The molecule has 3 rings (SSSR count). The van der Waals surface area contributed by atoms with Crippen LogP contribution in [0.25, 0.3) is 0 Å². The number of esters is 1. The van der Waals surface area contributed by atoms with Gasteiger partial charge >= 0.3 is 5.97 Å². The Kier molecular flexibility index (Phi) is 5.14. The zero-order valence-corrected chi connectivity index (χ0v) is 13.9. The van der Waals surface area contributed by atoms with E-state index >= 15 is 0 Å². The molecule has 1 heterocycles. The van der Waals surface area contributed by atoms with Crippen LogP contribution in [-0.4, -0.2) is 31.2 Å². The van der Waals surface area contributed by atoms with Crippen LogP contribution >= 0.6 is 0 Å². The van der Waals surface area contributed by atoms with Gasteiger partial charge in [0, 0.05) is 12.1 Å². The van der Waals surface area contributed by atoms with Crippen molar-refractivity contribution in [1.29, 1.82) is 5.26 Å². The molecule has 1 aliphatic carbocycles. The molecule has 1 saturated carbocycles. The second-order valence-electron chi connectivity index (χ2n) is 5.80. The summed E-state index contributed by atoms with van der Waals surface area (Å²) in [5, 5.41) is 12.0. The summed E-state index contributed by atoms with van der Waals surface area (Å²) in [4.78, 5) is 16.3. The highest BCUT2D eigenvalue weighted by Crippen LogP contribution is 2.50. The van der Waals surface area contributed by atoms with Crippen molar-refractivity contribution < 1.29 is 14.3 Å². The summed E-state index contributed by atoms with van der Waals surface area (Å²) in [6, 6.07) is 13.2. The minimum Gasteiger partial charge on any atom is -0.496 e. The third kappa shape index (κ3) is 3.89. The highest BCUT2D eigenvalue weighted by Gasteiger charge is 2.46. The van der Waals surface area contributed by atoms with E-state index in [-0.39, 0.29) is 24.4 Å². The lowest BCUT2D eigenvalue weighted by Crippen LogP contribution is -2.16. The van der Waals surface area contributed by atoms with E-state index in [1.165, 1.54) is 0 Å². The fourth-order valence-electron chi connectivity index (χ4n) is 2.84. The highest BCUT2D eigenvalue weighted by molar-refractivity contribution is 5.77. The molecular weight excluding hydrogens is 318 g/mol. The number of rotatable bonds is 7. The molecule has 2 atom stereocenters. The zero-order valence-electron chi connectivity index (χ0n) is 13.9. The van der Waals surface area contributed by atoms with Gasteiger partial charge in [-0.25, -0.2) is 4.98 Å². The second kappa shape index (κ2) is 7.67. The molecular formula is C19H19N3O3. The number of hydrogen-bond donors (Lipinski definition) is 1. The topological polar surface area (TPSA) is 84.2 Å². The molecule has 0 bridgehead atoms. The molecule has 6 heteroatoms. The molecule has 1 aromatic carbocycles. The molecule has 0 radical (unpaired) electrons. The van der Waals surface area contributed by atoms with Gasteiger partial charge in [0.2, 0.25) is 0 Å². The number of pyridine rings is 1. The Morgan fingerprint density at radius 1 is 1.36 bits per heavy atom. The number of nitriles is 1. The number of nitrogens with zero attached hydrogens (tertiary/aromatic N) is 2. The van der Waals surface area contributed by atoms with Crippen molar-refractivity contribution in [2.24, 2.45) is 5.92 Å². The molecule has 1 N–H and O–H groups in total. The summed E-state index contributed by atoms with van der Waals surface area (Å²) < 4.78 is 10.7. The lowest BCUT2D eigenvalue weighted by atomic mass is 10.1. The Balaban J connectivity index is 1.46. The van der Waals surface area contributed by atoms with E-state index in [0.29, 0.717) is 17.9 Å². The van der Waals surface area contributed by atoms with Crippen LogP contribution in [0.4, 0.5) is 5.82 Å². The maximum absolute atomic E-state index is 12.2. The molecule has 128 valence electrons. The number of carbonyl (C=O) groups is 1. The monoisotopic (exact) mass is 337 g/mol. The van der Waals surface area contributed by atoms with Gasteiger partial charge in [0.1, 0.15) is 24.2 Å². The van der Waals surface area contributed by atoms with Crippen LogP contribution in [-0.2, 0) is 9.53 Å². The molecule has 1 aromatic heterocycles. The van der Waals surface area contributed by atoms with Gasteiger partial charge in [-0.1, -0.05) is 18.2 Å². The normalized spacial score (nSPS) is 18.1. The summed E-state index contributed by atoms with van der Waals surface area (Å²) in [5.41, 5.74) is 1.52. The van der Waals surface area contributed by atoms with Crippen molar-refractivity contribution in [3.8, 4) is 11.8 Å². The lowest BCUT2D eigenvalue weighted by Gasteiger charge is -2.09. The van der Waals surface area contributed by atoms with Crippen molar-refractivity contribution in [3.05, 3.63) is 53.7 Å². The minimum absolute atomic E-state index is 0.110. The average molecular weight is 337 g/mol. The zero-order chi connectivity index (χ0) is 17.6. The summed E-state index contributed by atoms with van der Waals surface area (Å²) in [6.45, 7) is 0.638. The summed E-state index contributed by atoms with van der Waals surface area (Å²) in [7, 11) is 1.63. The Bertz CT molecular complexity index is 800. The van der Waals surface area contributed by atoms with Gasteiger partial charge in [0.15, 0.2) is 0 Å². The molecule has 0 saturated heterocycles. The van der Waals surface area contributed by atoms with Gasteiger partial charge in [0.25, 0.3) is 0 Å². The molecule has 1 fully saturated rings. The first-order valence-electron chi connectivity index (χ1n) is 8.13. The Morgan fingerprint density at radius 3 is 3.00 bits per heavy atom. The van der Waals surface area contributed by atoms with E-state index in [9.17, 15) is 4.79 Å². The van der Waals surface area contributed by atoms with Crippen LogP contribution in [0.2, 0.25) is 0 Å². The molecule has 0 spiro atoms. The minimum atomic E-state index is -0.195. The molecule has 6 nitrogen and oxygen atoms in total. The number of anilines is 1. The first-order valence-corrected chi connectivity index (χ1v) is 8.13. The number of aromatic nitrogens is 1. The van der Waals surface area contributed by atoms with Gasteiger partial charge in [-0.3, -0.25) is 4.79 Å². The Labute approximate surface area is 146 Å². The largest absolute Gasteiger partial charge is 0.496 e. The first-order chi connectivity index (χ1) is 12.2. The van der Waals surface area contributed by atoms with Crippen molar-refractivity contribution >= 4 is 11.8 Å². The SMILES string of the molecule is COc1ccccc1C1CC1C(=O)OCCNc1ncccc1C#N. The lowest BCUT2D eigenvalue weighted by molar-refractivity contribution is -0.144. The Morgan fingerprint density at radius 2 is 2.20 bits per heavy atom. The fourth-order valence-corrected chi connectivity index (χ4v) is 2.84. The van der Waals surface area contributed by atoms with Crippen LogP contribution in [0.3, 0.4) is 0 Å². The number of hydrogen-bond acceptors (Lipinski definition) is 6. The summed E-state index contributed by atoms with van der Waals surface area (Å²) in [5.74, 6) is 1.17. The van der Waals surface area contributed by atoms with Gasteiger partial charge in [-0.05, 0) is 30.2 Å². The van der Waals surface area contributed by atoms with E-state index in [4.69, 9.17) is 14.7 Å². The maximum Gasteiger partial charge on any atom is 0.309 e. The number of ether oxygens (including phenoxy) is 2. The predicted molar refractivity (Wildman–Crippen MR) is 92.2 cm³/mol. The highest BCUT2D eigenvalue weighted by atomic mass is 16.5. The average Bonchev–Trinajstić information content (AvgIpc) is 3.46. The van der Waals surface area contributed by atoms with Gasteiger partial charge < -0.3 is 14.8 Å². The third-order valence-electron chi connectivity index (χ3n) is 4.20. The first kappa shape index (κ1) is 16.8. The Hall–Kier alpha value is -3.07. The van der Waals surface area contributed by atoms with Gasteiger partial charge in [-0.15, -0.1) is 0 Å². The number of nitrogens with one attached hydrogen (secondary N) is 1. The fraction of sp³-hybridized carbons (Fsp3) is 0.316. The third-order valence-corrected chi connectivity index (χ3v) is 4.20. The van der Waals surface area contributed by atoms with Crippen molar-refractivity contribution in [1.82, 2.24) is 4.98 Å². The van der Waals surface area contributed by atoms with Crippen LogP contribution in [0.15, 0.2) is 42.6 Å².